The third-order valence-corrected chi connectivity index (χ3v) is 7.15. The molecule has 1 fully saturated rings. The summed E-state index contributed by atoms with van der Waals surface area (Å²) >= 11 is 6.03. The third kappa shape index (κ3) is 5.65. The van der Waals surface area contributed by atoms with Crippen LogP contribution in [0.4, 0.5) is 13.2 Å². The van der Waals surface area contributed by atoms with Gasteiger partial charge in [0.25, 0.3) is 5.96 Å². The quantitative estimate of drug-likeness (QED) is 0.199. The Morgan fingerprint density at radius 3 is 2.72 bits per heavy atom. The van der Waals surface area contributed by atoms with Crippen LogP contribution in [0.5, 0.6) is 5.75 Å². The van der Waals surface area contributed by atoms with Crippen molar-refractivity contribution in [1.29, 1.82) is 0 Å². The zero-order valence-corrected chi connectivity index (χ0v) is 21.5. The van der Waals surface area contributed by atoms with Gasteiger partial charge in [-0.25, -0.2) is 0 Å². The highest BCUT2D eigenvalue weighted by atomic mass is 35.5. The Labute approximate surface area is 227 Å². The molecule has 2 atom stereocenters. The lowest BCUT2D eigenvalue weighted by molar-refractivity contribution is -0.137. The number of aromatic nitrogens is 3. The van der Waals surface area contributed by atoms with Gasteiger partial charge in [0, 0.05) is 23.6 Å². The van der Waals surface area contributed by atoms with Crippen LogP contribution in [0.3, 0.4) is 0 Å². The molecule has 0 unspecified atom stereocenters. The van der Waals surface area contributed by atoms with Crippen LogP contribution in [0.25, 0.3) is 4.95 Å². The fourth-order valence-electron chi connectivity index (χ4n) is 5.03. The van der Waals surface area contributed by atoms with Gasteiger partial charge in [-0.1, -0.05) is 29.8 Å². The maximum atomic E-state index is 13.2. The molecule has 2 N–H and O–H groups in total. The van der Waals surface area contributed by atoms with Crippen molar-refractivity contribution < 1.29 is 23.0 Å². The number of alkyl halides is 3. The number of rotatable bonds is 5. The van der Waals surface area contributed by atoms with E-state index in [1.54, 1.807) is 12.1 Å². The first-order valence-electron chi connectivity index (χ1n) is 12.4. The van der Waals surface area contributed by atoms with Crippen molar-refractivity contribution in [2.75, 3.05) is 13.2 Å². The van der Waals surface area contributed by atoms with Crippen molar-refractivity contribution >= 4 is 17.6 Å². The summed E-state index contributed by atoms with van der Waals surface area (Å²) in [4.78, 5) is 5.19. The predicted octanol–water partition coefficient (Wildman–Crippen LogP) is 4.93. The number of aliphatic hydroxyl groups is 1. The predicted molar refractivity (Wildman–Crippen MR) is 137 cm³/mol. The van der Waals surface area contributed by atoms with Crippen LogP contribution in [0.15, 0.2) is 47.6 Å². The maximum absolute atomic E-state index is 13.2. The van der Waals surface area contributed by atoms with E-state index in [1.165, 1.54) is 6.07 Å². The molecule has 3 aromatic rings. The molecule has 2 aliphatic heterocycles. The molecule has 5 rings (SSSR count). The minimum absolute atomic E-state index is 0.156. The van der Waals surface area contributed by atoms with E-state index in [1.807, 2.05) is 21.6 Å². The van der Waals surface area contributed by atoms with E-state index in [0.717, 1.165) is 24.1 Å². The van der Waals surface area contributed by atoms with Crippen LogP contribution in [-0.4, -0.2) is 43.9 Å². The first-order valence-corrected chi connectivity index (χ1v) is 12.7. The molecule has 0 spiro atoms. The summed E-state index contributed by atoms with van der Waals surface area (Å²) in [7, 11) is 0. The van der Waals surface area contributed by atoms with Gasteiger partial charge >= 0.3 is 6.18 Å². The number of nitrogens with one attached hydrogen (secondary N) is 1. The Morgan fingerprint density at radius 1 is 1.21 bits per heavy atom. The van der Waals surface area contributed by atoms with E-state index in [0.29, 0.717) is 54.1 Å². The van der Waals surface area contributed by atoms with E-state index in [4.69, 9.17) is 22.9 Å². The van der Waals surface area contributed by atoms with E-state index in [9.17, 15) is 18.3 Å². The van der Waals surface area contributed by atoms with Crippen molar-refractivity contribution in [2.45, 2.75) is 50.7 Å². The highest BCUT2D eigenvalue weighted by molar-refractivity contribution is 6.30. The monoisotopic (exact) mass is 559 g/mol. The van der Waals surface area contributed by atoms with Crippen LogP contribution in [0.1, 0.15) is 59.7 Å². The number of guanidine groups is 1. The Bertz CT molecular complexity index is 1400. The summed E-state index contributed by atoms with van der Waals surface area (Å²) in [6.45, 7) is 8.33. The zero-order chi connectivity index (χ0) is 27.6. The number of hydrogen-bond donors (Lipinski definition) is 2. The first kappa shape index (κ1) is 26.8. The highest BCUT2D eigenvalue weighted by Gasteiger charge is 2.37. The van der Waals surface area contributed by atoms with Crippen molar-refractivity contribution in [3.05, 3.63) is 87.4 Å². The number of nitrogens with zero attached hydrogens (tertiary/aromatic N) is 6. The average molecular weight is 560 g/mol. The molecule has 13 heteroatoms. The van der Waals surface area contributed by atoms with E-state index in [-0.39, 0.29) is 25.0 Å². The van der Waals surface area contributed by atoms with Crippen LogP contribution in [0, 0.1) is 6.57 Å². The summed E-state index contributed by atoms with van der Waals surface area (Å²) in [5.41, 5.74) is 0.734. The fourth-order valence-corrected chi connectivity index (χ4v) is 5.16. The van der Waals surface area contributed by atoms with Crippen LogP contribution >= 0.6 is 11.6 Å². The van der Waals surface area contributed by atoms with Gasteiger partial charge in [0.15, 0.2) is 11.6 Å². The van der Waals surface area contributed by atoms with Gasteiger partial charge in [0.05, 0.1) is 30.8 Å². The smallest absolute Gasteiger partial charge is 0.416 e. The standard InChI is InChI=1S/C26H25ClF3N7O2/c1-31-35-25(32-20-10-12-39-22-13-17(26(28,29)30)6-9-19(20)22)36-11-2-3-21(36)24-34-33-23(15-38)37(24)14-16-4-7-18(27)8-5-16/h4-9,13,20-21,38H,2-3,10-12,14-15H2,(H,32,35)/t20-,21+/m0/s1. The van der Waals surface area contributed by atoms with Gasteiger partial charge in [-0.2, -0.15) is 19.7 Å². The second kappa shape index (κ2) is 11.1. The molecular formula is C26H25ClF3N7O2. The largest absolute Gasteiger partial charge is 0.493 e. The average Bonchev–Trinajstić information content (AvgIpc) is 3.56. The SMILES string of the molecule is [C-]#[N+]/N=C(\N[C@H]1CCOc2cc(C(F)(F)F)ccc21)N1CCC[C@@H]1c1nnc(CO)n1Cc1ccc(Cl)cc1. The lowest BCUT2D eigenvalue weighted by Gasteiger charge is -2.32. The molecule has 1 saturated heterocycles. The number of aliphatic hydroxyl groups excluding tert-OH is 1. The lowest BCUT2D eigenvalue weighted by atomic mass is 9.98. The van der Waals surface area contributed by atoms with Gasteiger partial charge in [-0.05, 0) is 42.7 Å². The lowest BCUT2D eigenvalue weighted by Crippen LogP contribution is -2.44. The molecule has 2 aromatic carbocycles. The number of fused-ring (bicyclic) bond motifs is 1. The van der Waals surface area contributed by atoms with Crippen LogP contribution < -0.4 is 10.1 Å². The number of ether oxygens (including phenoxy) is 1. The van der Waals surface area contributed by atoms with Crippen LogP contribution in [0.2, 0.25) is 5.02 Å². The van der Waals surface area contributed by atoms with Crippen molar-refractivity contribution in [1.82, 2.24) is 25.0 Å². The topological polar surface area (TPSA) is 92.2 Å². The molecule has 9 nitrogen and oxygen atoms in total. The molecule has 204 valence electrons. The summed E-state index contributed by atoms with van der Waals surface area (Å²) in [6, 6.07) is 10.1. The molecule has 0 amide bonds. The molecular weight excluding hydrogens is 535 g/mol. The summed E-state index contributed by atoms with van der Waals surface area (Å²) in [5.74, 6) is 1.48. The van der Waals surface area contributed by atoms with Crippen molar-refractivity contribution in [2.24, 2.45) is 5.10 Å². The number of hydrogen-bond acceptors (Lipinski definition) is 5. The van der Waals surface area contributed by atoms with Crippen molar-refractivity contribution in [3.8, 4) is 5.75 Å². The number of benzene rings is 2. The molecule has 0 bridgehead atoms. The number of likely N-dealkylation sites (tertiary alicyclic amines) is 1. The molecule has 39 heavy (non-hydrogen) atoms. The molecule has 0 saturated carbocycles. The summed E-state index contributed by atoms with van der Waals surface area (Å²) in [6.07, 6.45) is -2.49. The highest BCUT2D eigenvalue weighted by Crippen LogP contribution is 2.39. The molecule has 1 aromatic heterocycles. The molecule has 0 aliphatic carbocycles. The fraction of sp³-hybridized carbons (Fsp3) is 0.385. The Kier molecular flexibility index (Phi) is 7.63. The Morgan fingerprint density at radius 2 is 2.00 bits per heavy atom. The second-order valence-corrected chi connectivity index (χ2v) is 9.74. The maximum Gasteiger partial charge on any atom is 0.416 e. The van der Waals surface area contributed by atoms with Crippen molar-refractivity contribution in [3.63, 3.8) is 0 Å². The van der Waals surface area contributed by atoms with Crippen LogP contribution in [-0.2, 0) is 19.3 Å². The second-order valence-electron chi connectivity index (χ2n) is 9.30. The van der Waals surface area contributed by atoms with Gasteiger partial charge < -0.3 is 24.6 Å². The number of halogens is 4. The van der Waals surface area contributed by atoms with Gasteiger partial charge in [0.1, 0.15) is 17.5 Å². The minimum atomic E-state index is -4.48. The molecule has 0 radical (unpaired) electrons. The van der Waals surface area contributed by atoms with E-state index in [2.05, 4.69) is 25.6 Å². The molecule has 2 aliphatic rings. The Balaban J connectivity index is 1.42. The van der Waals surface area contributed by atoms with Gasteiger partial charge in [0.2, 0.25) is 0 Å². The van der Waals surface area contributed by atoms with Gasteiger partial charge in [-0.3, -0.25) is 0 Å². The van der Waals surface area contributed by atoms with Gasteiger partial charge in [-0.15, -0.1) is 15.2 Å². The van der Waals surface area contributed by atoms with E-state index < -0.39 is 17.8 Å². The summed E-state index contributed by atoms with van der Waals surface area (Å²) < 4.78 is 47.1. The molecule has 3 heterocycles. The first-order chi connectivity index (χ1) is 18.8. The summed E-state index contributed by atoms with van der Waals surface area (Å²) in [5, 5.41) is 26.4. The minimum Gasteiger partial charge on any atom is -0.493 e. The van der Waals surface area contributed by atoms with E-state index >= 15 is 0 Å². The zero-order valence-electron chi connectivity index (χ0n) is 20.7. The Hall–Kier alpha value is -3.82. The normalized spacial score (nSPS) is 19.4. The third-order valence-electron chi connectivity index (χ3n) is 6.90.